The molecule has 4 nitrogen and oxygen atoms in total. The van der Waals surface area contributed by atoms with Crippen molar-refractivity contribution in [1.29, 1.82) is 0 Å². The van der Waals surface area contributed by atoms with Gasteiger partial charge in [0.1, 0.15) is 0 Å². The summed E-state index contributed by atoms with van der Waals surface area (Å²) in [5.41, 5.74) is 1.23. The molecule has 0 spiro atoms. The van der Waals surface area contributed by atoms with E-state index >= 15 is 0 Å². The second-order valence-electron chi connectivity index (χ2n) is 3.64. The molecule has 1 unspecified atom stereocenters. The number of para-hydroxylation sites is 1. The third kappa shape index (κ3) is 2.61. The summed E-state index contributed by atoms with van der Waals surface area (Å²) in [7, 11) is 1.47. The summed E-state index contributed by atoms with van der Waals surface area (Å²) in [6.07, 6.45) is 0. The molecule has 1 saturated heterocycles. The Morgan fingerprint density at radius 2 is 1.75 bits per heavy atom. The molecule has 1 aromatic rings. The van der Waals surface area contributed by atoms with Crippen LogP contribution in [0.25, 0.3) is 0 Å². The fourth-order valence-electron chi connectivity index (χ4n) is 1.84. The molecule has 1 aliphatic rings. The fraction of sp³-hybridized carbons (Fsp3) is 0.455. The number of piperazine rings is 1. The summed E-state index contributed by atoms with van der Waals surface area (Å²) < 4.78 is 18.1. The van der Waals surface area contributed by atoms with Crippen molar-refractivity contribution < 1.29 is 8.39 Å². The summed E-state index contributed by atoms with van der Waals surface area (Å²) >= 11 is -1.28. The van der Waals surface area contributed by atoms with Crippen LogP contribution in [0.1, 0.15) is 0 Å². The minimum Gasteiger partial charge on any atom is -0.369 e. The number of hydrogen-bond donors (Lipinski definition) is 0. The third-order valence-electron chi connectivity index (χ3n) is 2.71. The molecule has 0 amide bonds. The molecule has 1 aliphatic heterocycles. The summed E-state index contributed by atoms with van der Waals surface area (Å²) in [5.74, 6) is 0. The van der Waals surface area contributed by atoms with Crippen molar-refractivity contribution in [2.75, 3.05) is 38.2 Å². The van der Waals surface area contributed by atoms with E-state index in [1.165, 1.54) is 12.8 Å². The Morgan fingerprint density at radius 3 is 2.31 bits per heavy atom. The number of rotatable bonds is 3. The average molecular weight is 240 g/mol. The lowest BCUT2D eigenvalue weighted by atomic mass is 10.2. The van der Waals surface area contributed by atoms with Crippen LogP contribution in [0.3, 0.4) is 0 Å². The molecule has 0 radical (unpaired) electrons. The van der Waals surface area contributed by atoms with E-state index in [4.69, 9.17) is 4.18 Å². The second-order valence-corrected chi connectivity index (χ2v) is 4.92. The number of benzene rings is 1. The molecular formula is C11H16N2O2S. The largest absolute Gasteiger partial charge is 0.369 e. The third-order valence-corrected chi connectivity index (χ3v) is 3.79. The highest BCUT2D eigenvalue weighted by atomic mass is 32.2. The summed E-state index contributed by atoms with van der Waals surface area (Å²) in [6, 6.07) is 10.3. The molecule has 2 rings (SSSR count). The Balaban J connectivity index is 1.93. The highest BCUT2D eigenvalue weighted by molar-refractivity contribution is 7.77. The van der Waals surface area contributed by atoms with Crippen LogP contribution in [-0.4, -0.2) is 41.8 Å². The van der Waals surface area contributed by atoms with Crippen molar-refractivity contribution in [1.82, 2.24) is 4.31 Å². The molecule has 0 bridgehead atoms. The van der Waals surface area contributed by atoms with E-state index in [0.29, 0.717) is 0 Å². The van der Waals surface area contributed by atoms with Gasteiger partial charge in [-0.2, -0.15) is 4.31 Å². The van der Waals surface area contributed by atoms with Gasteiger partial charge in [0.15, 0.2) is 0 Å². The van der Waals surface area contributed by atoms with E-state index in [-0.39, 0.29) is 0 Å². The van der Waals surface area contributed by atoms with Crippen LogP contribution in [0.4, 0.5) is 5.69 Å². The Bertz CT molecular complexity index is 350. The van der Waals surface area contributed by atoms with E-state index in [2.05, 4.69) is 17.0 Å². The van der Waals surface area contributed by atoms with E-state index in [1.807, 2.05) is 22.5 Å². The minimum absolute atomic E-state index is 0.773. The predicted octanol–water partition coefficient (Wildman–Crippen LogP) is 1.03. The van der Waals surface area contributed by atoms with Crippen molar-refractivity contribution in [2.24, 2.45) is 0 Å². The van der Waals surface area contributed by atoms with E-state index in [1.54, 1.807) is 0 Å². The lowest BCUT2D eigenvalue weighted by molar-refractivity contribution is 0.341. The highest BCUT2D eigenvalue weighted by Gasteiger charge is 2.21. The molecule has 0 aliphatic carbocycles. The molecule has 88 valence electrons. The van der Waals surface area contributed by atoms with E-state index < -0.39 is 11.3 Å². The van der Waals surface area contributed by atoms with Crippen LogP contribution in [0.15, 0.2) is 30.3 Å². The van der Waals surface area contributed by atoms with Gasteiger partial charge >= 0.3 is 0 Å². The highest BCUT2D eigenvalue weighted by Crippen LogP contribution is 2.16. The molecule has 16 heavy (non-hydrogen) atoms. The van der Waals surface area contributed by atoms with Crippen molar-refractivity contribution >= 4 is 17.0 Å². The standard InChI is InChI=1S/C11H16N2O2S/c1-15-16(14)13-9-7-12(8-10-13)11-5-3-2-4-6-11/h2-6H,7-10H2,1H3. The first-order valence-corrected chi connectivity index (χ1v) is 6.36. The first-order valence-electron chi connectivity index (χ1n) is 5.32. The zero-order valence-corrected chi connectivity index (χ0v) is 10.2. The van der Waals surface area contributed by atoms with Gasteiger partial charge < -0.3 is 4.90 Å². The average Bonchev–Trinajstić information content (AvgIpc) is 2.39. The van der Waals surface area contributed by atoms with Gasteiger partial charge in [0, 0.05) is 31.9 Å². The molecule has 1 aromatic carbocycles. The van der Waals surface area contributed by atoms with Crippen molar-refractivity contribution in [2.45, 2.75) is 0 Å². The SMILES string of the molecule is COS(=O)N1CCN(c2ccccc2)CC1. The number of hydrogen-bond acceptors (Lipinski definition) is 3. The topological polar surface area (TPSA) is 32.8 Å². The monoisotopic (exact) mass is 240 g/mol. The molecule has 0 N–H and O–H groups in total. The lowest BCUT2D eigenvalue weighted by Crippen LogP contribution is -2.47. The van der Waals surface area contributed by atoms with Crippen LogP contribution in [0.2, 0.25) is 0 Å². The molecular weight excluding hydrogens is 224 g/mol. The Hall–Kier alpha value is -0.910. The molecule has 0 saturated carbocycles. The van der Waals surface area contributed by atoms with Crippen LogP contribution in [0, 0.1) is 0 Å². The van der Waals surface area contributed by atoms with Crippen molar-refractivity contribution in [3.8, 4) is 0 Å². The second kappa shape index (κ2) is 5.43. The first kappa shape index (κ1) is 11.6. The Kier molecular flexibility index (Phi) is 3.93. The lowest BCUT2D eigenvalue weighted by Gasteiger charge is -2.34. The van der Waals surface area contributed by atoms with Gasteiger partial charge in [-0.25, -0.2) is 4.21 Å². The van der Waals surface area contributed by atoms with E-state index in [0.717, 1.165) is 26.2 Å². The predicted molar refractivity (Wildman–Crippen MR) is 65.4 cm³/mol. The maximum atomic E-state index is 11.4. The van der Waals surface area contributed by atoms with Gasteiger partial charge in [0.05, 0.1) is 7.11 Å². The smallest absolute Gasteiger partial charge is 0.237 e. The Labute approximate surface area is 98.6 Å². The molecule has 5 heteroatoms. The zero-order chi connectivity index (χ0) is 11.4. The fourth-order valence-corrected chi connectivity index (χ4v) is 2.51. The van der Waals surface area contributed by atoms with Crippen molar-refractivity contribution in [3.05, 3.63) is 30.3 Å². The van der Waals surface area contributed by atoms with Gasteiger partial charge in [-0.1, -0.05) is 18.2 Å². The number of nitrogens with zero attached hydrogens (tertiary/aromatic N) is 2. The first-order chi connectivity index (χ1) is 7.81. The van der Waals surface area contributed by atoms with Crippen LogP contribution in [0.5, 0.6) is 0 Å². The van der Waals surface area contributed by atoms with Crippen molar-refractivity contribution in [3.63, 3.8) is 0 Å². The van der Waals surface area contributed by atoms with Gasteiger partial charge in [-0.15, -0.1) is 0 Å². The normalized spacial score (nSPS) is 19.7. The Morgan fingerprint density at radius 1 is 1.12 bits per heavy atom. The molecule has 1 atom stereocenters. The zero-order valence-electron chi connectivity index (χ0n) is 9.33. The number of anilines is 1. The van der Waals surface area contributed by atoms with Crippen LogP contribution in [-0.2, 0) is 15.4 Å². The van der Waals surface area contributed by atoms with Gasteiger partial charge in [-0.05, 0) is 12.1 Å². The summed E-state index contributed by atoms with van der Waals surface area (Å²) in [6.45, 7) is 3.32. The maximum absolute atomic E-state index is 11.4. The summed E-state index contributed by atoms with van der Waals surface area (Å²) in [4.78, 5) is 2.30. The quantitative estimate of drug-likeness (QED) is 0.791. The van der Waals surface area contributed by atoms with Gasteiger partial charge in [0.25, 0.3) is 0 Å². The van der Waals surface area contributed by atoms with Gasteiger partial charge in [-0.3, -0.25) is 4.18 Å². The van der Waals surface area contributed by atoms with Gasteiger partial charge in [0.2, 0.25) is 11.3 Å². The molecule has 1 heterocycles. The maximum Gasteiger partial charge on any atom is 0.237 e. The van der Waals surface area contributed by atoms with Crippen LogP contribution < -0.4 is 4.90 Å². The van der Waals surface area contributed by atoms with Crippen LogP contribution >= 0.6 is 0 Å². The summed E-state index contributed by atoms with van der Waals surface area (Å²) in [5, 5.41) is 0. The molecule has 1 fully saturated rings. The minimum atomic E-state index is -1.28. The molecule has 0 aromatic heterocycles. The van der Waals surface area contributed by atoms with E-state index in [9.17, 15) is 4.21 Å².